The van der Waals surface area contributed by atoms with E-state index in [0.29, 0.717) is 0 Å². The van der Waals surface area contributed by atoms with E-state index in [1.165, 1.54) is 6.33 Å². The number of nitrogen functional groups attached to an aromatic ring is 1. The van der Waals surface area contributed by atoms with E-state index in [9.17, 15) is 5.11 Å². The molecule has 0 spiro atoms. The molecule has 2 fully saturated rings. The maximum Gasteiger partial charge on any atom is 0.164 e. The van der Waals surface area contributed by atoms with Gasteiger partial charge in [0.2, 0.25) is 0 Å². The molecule has 22 heavy (non-hydrogen) atoms. The zero-order chi connectivity index (χ0) is 15.9. The molecular weight excluding hydrogens is 294 g/mol. The van der Waals surface area contributed by atoms with Gasteiger partial charge in [-0.15, -0.1) is 0 Å². The lowest BCUT2D eigenvalue weighted by atomic mass is 10.1. The minimum absolute atomic E-state index is 0.0807. The number of ether oxygens (including phenoxy) is 3. The number of anilines is 3. The third-order valence-corrected chi connectivity index (χ3v) is 3.60. The molecule has 3 rings (SSSR count). The van der Waals surface area contributed by atoms with E-state index in [4.69, 9.17) is 25.2 Å². The highest BCUT2D eigenvalue weighted by molar-refractivity contribution is 5.74. The molecule has 0 bridgehead atoms. The van der Waals surface area contributed by atoms with Crippen molar-refractivity contribution in [3.8, 4) is 0 Å². The normalized spacial score (nSPS) is 32.7. The molecule has 0 amide bonds. The zero-order valence-electron chi connectivity index (χ0n) is 12.2. The fraction of sp³-hybridized carbons (Fsp3) is 0.667. The van der Waals surface area contributed by atoms with Crippen molar-refractivity contribution >= 4 is 17.3 Å². The smallest absolute Gasteiger partial charge is 0.164 e. The van der Waals surface area contributed by atoms with Gasteiger partial charge in [-0.1, -0.05) is 0 Å². The Balaban J connectivity index is 1.82. The Morgan fingerprint density at radius 1 is 1.32 bits per heavy atom. The molecule has 0 saturated carbocycles. The van der Waals surface area contributed by atoms with Crippen molar-refractivity contribution in [1.82, 2.24) is 9.97 Å². The third kappa shape index (κ3) is 2.55. The van der Waals surface area contributed by atoms with Crippen LogP contribution in [-0.4, -0.2) is 57.2 Å². The topological polar surface area (TPSA) is 144 Å². The number of nitrogens with two attached hydrogens (primary N) is 1. The number of nitrogens with zero attached hydrogens (tertiary/aromatic N) is 2. The molecule has 0 radical (unpaired) electrons. The van der Waals surface area contributed by atoms with Crippen LogP contribution in [0.4, 0.5) is 17.3 Å². The van der Waals surface area contributed by atoms with Gasteiger partial charge in [0, 0.05) is 0 Å². The van der Waals surface area contributed by atoms with Crippen molar-refractivity contribution in [3.05, 3.63) is 6.33 Å². The van der Waals surface area contributed by atoms with Crippen LogP contribution in [0.5, 0.6) is 0 Å². The second-order valence-corrected chi connectivity index (χ2v) is 5.58. The summed E-state index contributed by atoms with van der Waals surface area (Å²) in [6.45, 7) is 3.39. The summed E-state index contributed by atoms with van der Waals surface area (Å²) in [7, 11) is 0. The molecule has 122 valence electrons. The summed E-state index contributed by atoms with van der Waals surface area (Å²) in [5.74, 6) is -0.433. The summed E-state index contributed by atoms with van der Waals surface area (Å²) in [5.41, 5.74) is 7.74. The lowest BCUT2D eigenvalue weighted by Crippen LogP contribution is -2.35. The van der Waals surface area contributed by atoms with Gasteiger partial charge in [0.05, 0.1) is 6.61 Å². The second kappa shape index (κ2) is 5.48. The molecule has 0 aliphatic carbocycles. The number of aliphatic hydroxyl groups is 1. The van der Waals surface area contributed by atoms with Crippen LogP contribution in [0.3, 0.4) is 0 Å². The first kappa shape index (κ1) is 15.2. The Bertz CT molecular complexity index is 557. The Morgan fingerprint density at radius 2 is 2.05 bits per heavy atom. The summed E-state index contributed by atoms with van der Waals surface area (Å²) >= 11 is 0. The average molecular weight is 313 g/mol. The Hall–Kier alpha value is -1.72. The van der Waals surface area contributed by atoms with Gasteiger partial charge in [-0.05, 0) is 13.8 Å². The largest absolute Gasteiger partial charge is 0.394 e. The van der Waals surface area contributed by atoms with Crippen LogP contribution >= 0.6 is 0 Å². The van der Waals surface area contributed by atoms with Crippen LogP contribution in [-0.2, 0) is 14.2 Å². The highest BCUT2D eigenvalue weighted by atomic mass is 16.8. The summed E-state index contributed by atoms with van der Waals surface area (Å²) in [6, 6.07) is 0. The van der Waals surface area contributed by atoms with Gasteiger partial charge in [-0.25, -0.2) is 9.97 Å². The van der Waals surface area contributed by atoms with Crippen LogP contribution in [0.2, 0.25) is 0 Å². The molecule has 1 aromatic heterocycles. The molecule has 2 unspecified atom stereocenters. The van der Waals surface area contributed by atoms with Crippen molar-refractivity contribution in [2.45, 2.75) is 44.2 Å². The van der Waals surface area contributed by atoms with Crippen molar-refractivity contribution in [2.24, 2.45) is 0 Å². The maximum atomic E-state index is 9.43. The molecule has 2 aliphatic rings. The first-order valence-electron chi connectivity index (χ1n) is 6.84. The molecule has 4 atom stereocenters. The number of hydrogen-bond acceptors (Lipinski definition) is 10. The van der Waals surface area contributed by atoms with Gasteiger partial charge in [0.25, 0.3) is 0 Å². The van der Waals surface area contributed by atoms with Crippen LogP contribution in [0.15, 0.2) is 6.33 Å². The second-order valence-electron chi connectivity index (χ2n) is 5.58. The van der Waals surface area contributed by atoms with E-state index in [2.05, 4.69) is 15.3 Å². The quantitative estimate of drug-likeness (QED) is 0.462. The first-order valence-corrected chi connectivity index (χ1v) is 6.84. The fourth-order valence-corrected chi connectivity index (χ4v) is 2.70. The predicted octanol–water partition coefficient (Wildman–Crippen LogP) is -0.491. The maximum absolute atomic E-state index is 9.43. The Kier molecular flexibility index (Phi) is 3.78. The monoisotopic (exact) mass is 313 g/mol. The van der Waals surface area contributed by atoms with Crippen molar-refractivity contribution in [3.63, 3.8) is 0 Å². The van der Waals surface area contributed by atoms with Gasteiger partial charge in [-0.3, -0.25) is 10.7 Å². The van der Waals surface area contributed by atoms with Gasteiger partial charge in [0.15, 0.2) is 23.7 Å². The van der Waals surface area contributed by atoms with Crippen molar-refractivity contribution in [2.75, 3.05) is 23.1 Å². The highest BCUT2D eigenvalue weighted by Gasteiger charge is 2.55. The lowest BCUT2D eigenvalue weighted by molar-refractivity contribution is -0.187. The molecule has 10 nitrogen and oxygen atoms in total. The van der Waals surface area contributed by atoms with Crippen molar-refractivity contribution < 1.29 is 24.5 Å². The molecule has 10 heteroatoms. The SMILES string of the molecule is CC1(C)O[C@@H]2C(CO)OC(Nc3ncnc(N)c3NO)[C@@H]2O1. The number of rotatable bonds is 4. The Labute approximate surface area is 126 Å². The lowest BCUT2D eigenvalue weighted by Gasteiger charge is -2.24. The van der Waals surface area contributed by atoms with Crippen LogP contribution < -0.4 is 16.5 Å². The molecule has 0 aromatic carbocycles. The average Bonchev–Trinajstić information content (AvgIpc) is 2.93. The van der Waals surface area contributed by atoms with E-state index >= 15 is 0 Å². The van der Waals surface area contributed by atoms with Gasteiger partial charge >= 0.3 is 0 Å². The zero-order valence-corrected chi connectivity index (χ0v) is 12.2. The Morgan fingerprint density at radius 3 is 2.73 bits per heavy atom. The summed E-state index contributed by atoms with van der Waals surface area (Å²) < 4.78 is 17.3. The first-order chi connectivity index (χ1) is 10.4. The molecule has 1 aromatic rings. The number of fused-ring (bicyclic) bond motifs is 1. The number of hydrogen-bond donors (Lipinski definition) is 5. The number of aromatic nitrogens is 2. The summed E-state index contributed by atoms with van der Waals surface area (Å²) in [5, 5.41) is 21.6. The van der Waals surface area contributed by atoms with E-state index in [0.717, 1.165) is 0 Å². The minimum Gasteiger partial charge on any atom is -0.394 e. The van der Waals surface area contributed by atoms with Gasteiger partial charge in [0.1, 0.15) is 30.3 Å². The van der Waals surface area contributed by atoms with E-state index in [-0.39, 0.29) is 23.9 Å². The van der Waals surface area contributed by atoms with Crippen LogP contribution in [0, 0.1) is 0 Å². The number of nitrogens with one attached hydrogen (secondary N) is 2. The predicted molar refractivity (Wildman–Crippen MR) is 75.0 cm³/mol. The standard InChI is InChI=1S/C12H19N5O5/c1-12(2)21-7-5(3-18)20-11(8(7)22-12)16-10-6(17-19)9(13)14-4-15-10/h4-5,7-8,11,17-19H,3H2,1-2H3,(H3,13,14,15,16)/t5?,7-,8-,11?/m1/s1. The van der Waals surface area contributed by atoms with Crippen LogP contribution in [0.1, 0.15) is 13.8 Å². The van der Waals surface area contributed by atoms with Crippen molar-refractivity contribution in [1.29, 1.82) is 0 Å². The summed E-state index contributed by atoms with van der Waals surface area (Å²) in [4.78, 5) is 7.78. The molecule has 2 aliphatic heterocycles. The van der Waals surface area contributed by atoms with Gasteiger partial charge in [-0.2, -0.15) is 0 Å². The molecule has 3 heterocycles. The number of aliphatic hydroxyl groups excluding tert-OH is 1. The molecular formula is C12H19N5O5. The van der Waals surface area contributed by atoms with E-state index < -0.39 is 30.3 Å². The van der Waals surface area contributed by atoms with E-state index in [1.807, 2.05) is 5.48 Å². The van der Waals surface area contributed by atoms with Crippen LogP contribution in [0.25, 0.3) is 0 Å². The molecule has 2 saturated heterocycles. The highest BCUT2D eigenvalue weighted by Crippen LogP contribution is 2.39. The molecule has 6 N–H and O–H groups in total. The minimum atomic E-state index is -0.769. The third-order valence-electron chi connectivity index (χ3n) is 3.60. The fourth-order valence-electron chi connectivity index (χ4n) is 2.70. The summed E-state index contributed by atoms with van der Waals surface area (Å²) in [6.07, 6.45) is -0.721. The van der Waals surface area contributed by atoms with E-state index in [1.54, 1.807) is 13.8 Å². The van der Waals surface area contributed by atoms with Gasteiger partial charge < -0.3 is 30.4 Å².